The molecule has 0 spiro atoms. The second-order valence-corrected chi connectivity index (χ2v) is 5.83. The Morgan fingerprint density at radius 1 is 0.900 bits per heavy atom. The van der Waals surface area contributed by atoms with Gasteiger partial charge in [0, 0.05) is 37.8 Å². The van der Waals surface area contributed by atoms with E-state index in [0.717, 1.165) is 32.0 Å². The van der Waals surface area contributed by atoms with E-state index >= 15 is 0 Å². The van der Waals surface area contributed by atoms with Crippen molar-refractivity contribution in [1.29, 1.82) is 0 Å². The average Bonchev–Trinajstić information content (AvgIpc) is 2.51. The zero-order chi connectivity index (χ0) is 14.3. The van der Waals surface area contributed by atoms with Gasteiger partial charge in [-0.3, -0.25) is 0 Å². The molecule has 20 heavy (non-hydrogen) atoms. The summed E-state index contributed by atoms with van der Waals surface area (Å²) >= 11 is 0. The van der Waals surface area contributed by atoms with Crippen LogP contribution in [0.4, 0.5) is 5.82 Å². The van der Waals surface area contributed by atoms with Gasteiger partial charge in [0.05, 0.1) is 0 Å². The molecule has 1 saturated heterocycles. The number of fused-ring (bicyclic) bond motifs is 1. The van der Waals surface area contributed by atoms with Crippen molar-refractivity contribution in [1.82, 2.24) is 10.3 Å². The monoisotopic (exact) mass is 269 g/mol. The number of nitrogens with zero attached hydrogens (tertiary/aromatic N) is 2. The number of aromatic nitrogens is 1. The van der Waals surface area contributed by atoms with Gasteiger partial charge in [0.1, 0.15) is 5.82 Å². The fourth-order valence-corrected chi connectivity index (χ4v) is 3.09. The number of anilines is 1. The van der Waals surface area contributed by atoms with Crippen LogP contribution in [0.2, 0.25) is 0 Å². The Morgan fingerprint density at radius 3 is 2.15 bits per heavy atom. The summed E-state index contributed by atoms with van der Waals surface area (Å²) in [6, 6.07) is 2.27. The largest absolute Gasteiger partial charge is 0.354 e. The summed E-state index contributed by atoms with van der Waals surface area (Å²) in [4.78, 5) is 7.08. The number of piperazine rings is 1. The topological polar surface area (TPSA) is 28.2 Å². The molecule has 2 heterocycles. The molecule has 0 amide bonds. The smallest absolute Gasteiger partial charge is 0.129 e. The minimum Gasteiger partial charge on any atom is -0.354 e. The van der Waals surface area contributed by atoms with Crippen molar-refractivity contribution in [2.75, 3.05) is 31.1 Å². The van der Waals surface area contributed by atoms with Gasteiger partial charge in [0.2, 0.25) is 0 Å². The summed E-state index contributed by atoms with van der Waals surface area (Å²) < 4.78 is 0. The van der Waals surface area contributed by atoms with E-state index < -0.39 is 0 Å². The quantitative estimate of drug-likeness (QED) is 0.863. The van der Waals surface area contributed by atoms with Crippen molar-refractivity contribution in [2.45, 2.75) is 27.7 Å². The summed E-state index contributed by atoms with van der Waals surface area (Å²) in [5, 5.41) is 6.04. The highest BCUT2D eigenvalue weighted by Crippen LogP contribution is 2.30. The Bertz CT molecular complexity index is 655. The second-order valence-electron chi connectivity index (χ2n) is 5.83. The lowest BCUT2D eigenvalue weighted by Crippen LogP contribution is -2.43. The van der Waals surface area contributed by atoms with Crippen LogP contribution < -0.4 is 10.2 Å². The molecule has 0 radical (unpaired) electrons. The van der Waals surface area contributed by atoms with Crippen molar-refractivity contribution >= 4 is 16.6 Å². The molecule has 3 rings (SSSR count). The van der Waals surface area contributed by atoms with Crippen LogP contribution in [-0.4, -0.2) is 31.2 Å². The average molecular weight is 269 g/mol. The molecule has 0 saturated carbocycles. The van der Waals surface area contributed by atoms with Crippen LogP contribution in [0.15, 0.2) is 12.3 Å². The van der Waals surface area contributed by atoms with Crippen LogP contribution >= 0.6 is 0 Å². The lowest BCUT2D eigenvalue weighted by Gasteiger charge is -2.29. The molecular weight excluding hydrogens is 246 g/mol. The molecular formula is C17H23N3. The predicted octanol–water partition coefficient (Wildman–Crippen LogP) is 2.88. The number of aryl methyl sites for hydroxylation is 2. The lowest BCUT2D eigenvalue weighted by molar-refractivity contribution is 0.585. The van der Waals surface area contributed by atoms with Gasteiger partial charge in [-0.25, -0.2) is 4.98 Å². The Labute approximate surface area is 121 Å². The molecule has 0 bridgehead atoms. The molecule has 3 nitrogen and oxygen atoms in total. The third-order valence-corrected chi connectivity index (χ3v) is 4.83. The SMILES string of the molecule is Cc1c(C)c(C)c2cc(N3CCNCC3)ncc2c1C. The molecule has 1 fully saturated rings. The molecule has 0 unspecified atom stereocenters. The van der Waals surface area contributed by atoms with E-state index in [1.54, 1.807) is 0 Å². The van der Waals surface area contributed by atoms with Crippen LogP contribution in [0.1, 0.15) is 22.3 Å². The van der Waals surface area contributed by atoms with E-state index in [-0.39, 0.29) is 0 Å². The zero-order valence-electron chi connectivity index (χ0n) is 12.9. The van der Waals surface area contributed by atoms with Crippen molar-refractivity contribution in [3.8, 4) is 0 Å². The van der Waals surface area contributed by atoms with E-state index in [0.29, 0.717) is 0 Å². The van der Waals surface area contributed by atoms with Crippen molar-refractivity contribution in [2.24, 2.45) is 0 Å². The summed E-state index contributed by atoms with van der Waals surface area (Å²) in [5.41, 5.74) is 5.56. The molecule has 1 N–H and O–H groups in total. The number of rotatable bonds is 1. The summed E-state index contributed by atoms with van der Waals surface area (Å²) in [6.07, 6.45) is 2.06. The van der Waals surface area contributed by atoms with Gasteiger partial charge in [-0.05, 0) is 61.4 Å². The molecule has 2 aromatic rings. The van der Waals surface area contributed by atoms with Crippen molar-refractivity contribution in [3.63, 3.8) is 0 Å². The standard InChI is InChI=1S/C17H23N3/c1-11-12(2)14(4)16-10-19-17(9-15(16)13(11)3)20-7-5-18-6-8-20/h9-10,18H,5-8H2,1-4H3. The first-order valence-corrected chi connectivity index (χ1v) is 7.41. The first kappa shape index (κ1) is 13.4. The maximum absolute atomic E-state index is 4.70. The Balaban J connectivity index is 2.15. The lowest BCUT2D eigenvalue weighted by atomic mass is 9.93. The molecule has 106 valence electrons. The number of hydrogen-bond donors (Lipinski definition) is 1. The Morgan fingerprint density at radius 2 is 1.50 bits per heavy atom. The molecule has 1 aliphatic heterocycles. The van der Waals surface area contributed by atoms with Crippen LogP contribution in [-0.2, 0) is 0 Å². The third kappa shape index (κ3) is 2.06. The third-order valence-electron chi connectivity index (χ3n) is 4.83. The normalized spacial score (nSPS) is 15.9. The van der Waals surface area contributed by atoms with Crippen molar-refractivity contribution < 1.29 is 0 Å². The summed E-state index contributed by atoms with van der Waals surface area (Å²) in [6.45, 7) is 13.0. The van der Waals surface area contributed by atoms with E-state index in [1.165, 1.54) is 33.0 Å². The van der Waals surface area contributed by atoms with E-state index in [9.17, 15) is 0 Å². The van der Waals surface area contributed by atoms with Gasteiger partial charge in [-0.15, -0.1) is 0 Å². The maximum atomic E-state index is 4.70. The van der Waals surface area contributed by atoms with Gasteiger partial charge in [0.25, 0.3) is 0 Å². The van der Waals surface area contributed by atoms with Gasteiger partial charge in [-0.2, -0.15) is 0 Å². The van der Waals surface area contributed by atoms with Crippen molar-refractivity contribution in [3.05, 3.63) is 34.5 Å². The van der Waals surface area contributed by atoms with Crippen LogP contribution in [0.5, 0.6) is 0 Å². The fraction of sp³-hybridized carbons (Fsp3) is 0.471. The molecule has 3 heteroatoms. The van der Waals surface area contributed by atoms with Gasteiger partial charge >= 0.3 is 0 Å². The minimum atomic E-state index is 1.04. The molecule has 1 aliphatic rings. The predicted molar refractivity (Wildman–Crippen MR) is 85.8 cm³/mol. The zero-order valence-corrected chi connectivity index (χ0v) is 12.9. The van der Waals surface area contributed by atoms with E-state index in [1.807, 2.05) is 0 Å². The van der Waals surface area contributed by atoms with Crippen LogP contribution in [0.25, 0.3) is 10.8 Å². The number of hydrogen-bond acceptors (Lipinski definition) is 3. The second kappa shape index (κ2) is 5.06. The highest BCUT2D eigenvalue weighted by molar-refractivity contribution is 5.91. The highest BCUT2D eigenvalue weighted by Gasteiger charge is 2.14. The van der Waals surface area contributed by atoms with Crippen LogP contribution in [0.3, 0.4) is 0 Å². The number of nitrogens with one attached hydrogen (secondary N) is 1. The maximum Gasteiger partial charge on any atom is 0.129 e. The van der Waals surface area contributed by atoms with E-state index in [2.05, 4.69) is 50.2 Å². The first-order valence-electron chi connectivity index (χ1n) is 7.41. The summed E-state index contributed by atoms with van der Waals surface area (Å²) in [7, 11) is 0. The Hall–Kier alpha value is -1.61. The van der Waals surface area contributed by atoms with Gasteiger partial charge in [0.15, 0.2) is 0 Å². The minimum absolute atomic E-state index is 1.04. The molecule has 0 aliphatic carbocycles. The van der Waals surface area contributed by atoms with Crippen LogP contribution in [0, 0.1) is 27.7 Å². The number of benzene rings is 1. The number of pyridine rings is 1. The fourth-order valence-electron chi connectivity index (χ4n) is 3.09. The molecule has 1 aromatic carbocycles. The first-order chi connectivity index (χ1) is 9.59. The molecule has 0 atom stereocenters. The highest BCUT2D eigenvalue weighted by atomic mass is 15.2. The summed E-state index contributed by atoms with van der Waals surface area (Å²) in [5.74, 6) is 1.12. The Kier molecular flexibility index (Phi) is 3.38. The van der Waals surface area contributed by atoms with Gasteiger partial charge < -0.3 is 10.2 Å². The van der Waals surface area contributed by atoms with E-state index in [4.69, 9.17) is 4.98 Å². The molecule has 1 aromatic heterocycles. The van der Waals surface area contributed by atoms with Gasteiger partial charge in [-0.1, -0.05) is 0 Å².